The van der Waals surface area contributed by atoms with Crippen molar-refractivity contribution in [2.24, 2.45) is 0 Å². The number of hydrogen-bond donors (Lipinski definition) is 0. The Kier molecular flexibility index (Phi) is 4.86. The maximum absolute atomic E-state index is 12.4. The van der Waals surface area contributed by atoms with Crippen molar-refractivity contribution >= 4 is 21.8 Å². The SMILES string of the molecule is CC(C)(C)OCC(=O)N(Cc1ccccc1Br)C1CC1. The number of nitrogens with zero attached hydrogens (tertiary/aromatic N) is 1. The molecule has 2 rings (SSSR count). The lowest BCUT2D eigenvalue weighted by molar-refractivity contribution is -0.142. The Labute approximate surface area is 129 Å². The number of amides is 1. The number of ether oxygens (including phenoxy) is 1. The molecule has 110 valence electrons. The molecule has 3 nitrogen and oxygen atoms in total. The number of carbonyl (C=O) groups is 1. The van der Waals surface area contributed by atoms with Crippen LogP contribution in [0.1, 0.15) is 39.2 Å². The Morgan fingerprint density at radius 1 is 1.35 bits per heavy atom. The summed E-state index contributed by atoms with van der Waals surface area (Å²) >= 11 is 3.54. The molecule has 0 unspecified atom stereocenters. The fourth-order valence-electron chi connectivity index (χ4n) is 1.98. The van der Waals surface area contributed by atoms with Crippen LogP contribution < -0.4 is 0 Å². The largest absolute Gasteiger partial charge is 0.366 e. The van der Waals surface area contributed by atoms with Gasteiger partial charge in [0.2, 0.25) is 5.91 Å². The number of hydrogen-bond acceptors (Lipinski definition) is 2. The van der Waals surface area contributed by atoms with Crippen LogP contribution in [0.5, 0.6) is 0 Å². The van der Waals surface area contributed by atoms with Gasteiger partial charge in [0, 0.05) is 17.1 Å². The van der Waals surface area contributed by atoms with Gasteiger partial charge in [-0.15, -0.1) is 0 Å². The monoisotopic (exact) mass is 339 g/mol. The van der Waals surface area contributed by atoms with E-state index < -0.39 is 0 Å². The van der Waals surface area contributed by atoms with Crippen LogP contribution in [0.15, 0.2) is 28.7 Å². The Morgan fingerprint density at radius 3 is 2.55 bits per heavy atom. The van der Waals surface area contributed by atoms with E-state index in [0.29, 0.717) is 12.6 Å². The summed E-state index contributed by atoms with van der Waals surface area (Å²) in [6.45, 7) is 6.71. The van der Waals surface area contributed by atoms with Gasteiger partial charge in [-0.05, 0) is 45.2 Å². The molecule has 0 aliphatic heterocycles. The first-order valence-corrected chi connectivity index (χ1v) is 7.83. The molecule has 1 saturated carbocycles. The van der Waals surface area contributed by atoms with E-state index in [-0.39, 0.29) is 18.1 Å². The molecule has 0 saturated heterocycles. The topological polar surface area (TPSA) is 29.5 Å². The van der Waals surface area contributed by atoms with Crippen LogP contribution >= 0.6 is 15.9 Å². The number of halogens is 1. The second-order valence-electron chi connectivity index (χ2n) is 6.25. The first-order chi connectivity index (χ1) is 9.37. The molecular weight excluding hydrogens is 318 g/mol. The van der Waals surface area contributed by atoms with E-state index in [0.717, 1.165) is 22.9 Å². The van der Waals surface area contributed by atoms with Crippen molar-refractivity contribution in [3.05, 3.63) is 34.3 Å². The molecule has 0 atom stereocenters. The van der Waals surface area contributed by atoms with Crippen molar-refractivity contribution in [1.82, 2.24) is 4.90 Å². The first kappa shape index (κ1) is 15.5. The molecule has 0 spiro atoms. The normalized spacial score (nSPS) is 15.2. The summed E-state index contributed by atoms with van der Waals surface area (Å²) in [5.41, 5.74) is 0.863. The maximum Gasteiger partial charge on any atom is 0.249 e. The molecule has 0 heterocycles. The highest BCUT2D eigenvalue weighted by Crippen LogP contribution is 2.30. The Balaban J connectivity index is 2.01. The second-order valence-corrected chi connectivity index (χ2v) is 7.10. The fraction of sp³-hybridized carbons (Fsp3) is 0.562. The number of carbonyl (C=O) groups excluding carboxylic acids is 1. The molecule has 1 aliphatic rings. The van der Waals surface area contributed by atoms with E-state index in [2.05, 4.69) is 22.0 Å². The lowest BCUT2D eigenvalue weighted by atomic mass is 10.2. The quantitative estimate of drug-likeness (QED) is 0.817. The summed E-state index contributed by atoms with van der Waals surface area (Å²) in [5, 5.41) is 0. The average Bonchev–Trinajstić information content (AvgIpc) is 3.18. The minimum atomic E-state index is -0.280. The molecule has 1 aromatic rings. The van der Waals surface area contributed by atoms with Gasteiger partial charge < -0.3 is 9.64 Å². The van der Waals surface area contributed by atoms with E-state index in [1.165, 1.54) is 0 Å². The van der Waals surface area contributed by atoms with Gasteiger partial charge >= 0.3 is 0 Å². The molecule has 1 aliphatic carbocycles. The van der Waals surface area contributed by atoms with Crippen LogP contribution in [-0.4, -0.2) is 29.1 Å². The first-order valence-electron chi connectivity index (χ1n) is 7.03. The molecule has 4 heteroatoms. The highest BCUT2D eigenvalue weighted by atomic mass is 79.9. The smallest absolute Gasteiger partial charge is 0.249 e. The summed E-state index contributed by atoms with van der Waals surface area (Å²) in [6.07, 6.45) is 2.21. The zero-order chi connectivity index (χ0) is 14.8. The molecule has 1 fully saturated rings. The lowest BCUT2D eigenvalue weighted by Crippen LogP contribution is -2.37. The Bertz CT molecular complexity index is 478. The molecule has 0 aromatic heterocycles. The fourth-order valence-corrected chi connectivity index (χ4v) is 2.39. The molecular formula is C16H22BrNO2. The van der Waals surface area contributed by atoms with Crippen LogP contribution in [0.4, 0.5) is 0 Å². The van der Waals surface area contributed by atoms with Gasteiger partial charge in [-0.1, -0.05) is 34.1 Å². The Morgan fingerprint density at radius 2 is 2.00 bits per heavy atom. The van der Waals surface area contributed by atoms with Crippen LogP contribution in [0.2, 0.25) is 0 Å². The van der Waals surface area contributed by atoms with E-state index in [4.69, 9.17) is 4.74 Å². The van der Waals surface area contributed by atoms with Crippen LogP contribution in [-0.2, 0) is 16.1 Å². The van der Waals surface area contributed by atoms with Gasteiger partial charge in [0.05, 0.1) is 5.60 Å². The molecule has 1 aromatic carbocycles. The van der Waals surface area contributed by atoms with Gasteiger partial charge in [-0.3, -0.25) is 4.79 Å². The second kappa shape index (κ2) is 6.27. The van der Waals surface area contributed by atoms with Crippen molar-refractivity contribution < 1.29 is 9.53 Å². The minimum absolute atomic E-state index is 0.0816. The highest BCUT2D eigenvalue weighted by Gasteiger charge is 2.33. The van der Waals surface area contributed by atoms with Crippen LogP contribution in [0, 0.1) is 0 Å². The van der Waals surface area contributed by atoms with Crippen molar-refractivity contribution in [2.45, 2.75) is 51.8 Å². The predicted octanol–water partition coefficient (Wildman–Crippen LogP) is 3.76. The van der Waals surface area contributed by atoms with E-state index in [1.807, 2.05) is 43.9 Å². The minimum Gasteiger partial charge on any atom is -0.366 e. The van der Waals surface area contributed by atoms with Gasteiger partial charge in [-0.2, -0.15) is 0 Å². The van der Waals surface area contributed by atoms with Crippen molar-refractivity contribution in [3.63, 3.8) is 0 Å². The average molecular weight is 340 g/mol. The standard InChI is InChI=1S/C16H22BrNO2/c1-16(2,3)20-11-15(19)18(13-8-9-13)10-12-6-4-5-7-14(12)17/h4-7,13H,8-11H2,1-3H3. The molecule has 0 bridgehead atoms. The zero-order valence-corrected chi connectivity index (χ0v) is 13.9. The van der Waals surface area contributed by atoms with Gasteiger partial charge in [0.15, 0.2) is 0 Å². The van der Waals surface area contributed by atoms with E-state index >= 15 is 0 Å². The third-order valence-electron chi connectivity index (χ3n) is 3.24. The zero-order valence-electron chi connectivity index (χ0n) is 12.4. The molecule has 20 heavy (non-hydrogen) atoms. The lowest BCUT2D eigenvalue weighted by Gasteiger charge is -2.26. The highest BCUT2D eigenvalue weighted by molar-refractivity contribution is 9.10. The maximum atomic E-state index is 12.4. The van der Waals surface area contributed by atoms with Gasteiger partial charge in [0.25, 0.3) is 0 Å². The number of rotatable bonds is 5. The van der Waals surface area contributed by atoms with E-state index in [1.54, 1.807) is 0 Å². The summed E-state index contributed by atoms with van der Waals surface area (Å²) in [4.78, 5) is 14.3. The van der Waals surface area contributed by atoms with Crippen molar-refractivity contribution in [3.8, 4) is 0 Å². The summed E-state index contributed by atoms with van der Waals surface area (Å²) in [5.74, 6) is 0.0816. The Hall–Kier alpha value is -0.870. The molecule has 0 N–H and O–H groups in total. The van der Waals surface area contributed by atoms with E-state index in [9.17, 15) is 4.79 Å². The molecule has 0 radical (unpaired) electrons. The summed E-state index contributed by atoms with van der Waals surface area (Å²) in [7, 11) is 0. The van der Waals surface area contributed by atoms with Crippen LogP contribution in [0.3, 0.4) is 0 Å². The number of benzene rings is 1. The predicted molar refractivity (Wildman–Crippen MR) is 83.4 cm³/mol. The summed E-state index contributed by atoms with van der Waals surface area (Å²) in [6, 6.07) is 8.44. The molecule has 1 amide bonds. The van der Waals surface area contributed by atoms with Gasteiger partial charge in [0.1, 0.15) is 6.61 Å². The van der Waals surface area contributed by atoms with Crippen molar-refractivity contribution in [2.75, 3.05) is 6.61 Å². The van der Waals surface area contributed by atoms with Gasteiger partial charge in [-0.25, -0.2) is 0 Å². The van der Waals surface area contributed by atoms with Crippen LogP contribution in [0.25, 0.3) is 0 Å². The third-order valence-corrected chi connectivity index (χ3v) is 4.01. The summed E-state index contributed by atoms with van der Waals surface area (Å²) < 4.78 is 6.67. The van der Waals surface area contributed by atoms with Crippen molar-refractivity contribution in [1.29, 1.82) is 0 Å². The third kappa shape index (κ3) is 4.60.